The number of aliphatic imine (C=N–C) groups is 1. The number of aromatic amines is 1. The number of anilines is 1. The van der Waals surface area contributed by atoms with Crippen molar-refractivity contribution >= 4 is 44.1 Å². The summed E-state index contributed by atoms with van der Waals surface area (Å²) in [5.41, 5.74) is 2.51. The molecule has 0 radical (unpaired) electrons. The number of hydrogen-bond acceptors (Lipinski definition) is 10. The lowest BCUT2D eigenvalue weighted by Gasteiger charge is -2.37. The minimum absolute atomic E-state index is 0.0110. The number of aromatic nitrogens is 2. The van der Waals surface area contributed by atoms with Crippen molar-refractivity contribution in [2.75, 3.05) is 31.3 Å². The summed E-state index contributed by atoms with van der Waals surface area (Å²) >= 11 is 0. The summed E-state index contributed by atoms with van der Waals surface area (Å²) in [6, 6.07) is 16.1. The first-order valence-corrected chi connectivity index (χ1v) is 24.7. The highest BCUT2D eigenvalue weighted by Gasteiger charge is 2.38. The van der Waals surface area contributed by atoms with Crippen LogP contribution in [0.1, 0.15) is 142 Å². The monoisotopic (exact) mass is 930 g/mol. The number of carbonyl (C=O) groups excluding carboxylic acids is 3. The summed E-state index contributed by atoms with van der Waals surface area (Å²) in [5.74, 6) is 6.30. The number of amides is 2. The van der Waals surface area contributed by atoms with Gasteiger partial charge in [-0.15, -0.1) is 0 Å². The van der Waals surface area contributed by atoms with Crippen LogP contribution in [0.5, 0.6) is 0 Å². The van der Waals surface area contributed by atoms with E-state index in [0.717, 1.165) is 54.5 Å². The van der Waals surface area contributed by atoms with E-state index in [1.54, 1.807) is 0 Å². The largest absolute Gasteiger partial charge is 0.447 e. The molecular formula is C51H71N6O8P. The first-order chi connectivity index (χ1) is 32.8. The average molecular weight is 930 g/mol. The third kappa shape index (κ3) is 16.3. The number of Topliss-reactive ketones (excluding diaryl/α,β-unsaturated/α-hetero) is 1. The maximum absolute atomic E-state index is 13.4. The molecule has 3 aromatic rings. The lowest BCUT2D eigenvalue weighted by Crippen LogP contribution is -2.35. The number of aliphatic hydroxyl groups excluding tert-OH is 1. The SMILES string of the molecule is [2H]C[C@H]1O[C@@H](n2cc(/C=C/C(=O)NCCCCCCCC(=O)CCCCC(=O)N3Cc4ccccc4C#Cc4ccccc43)c(=O)[nH]c2=O)CC1CP(OC=NCC)N(C(C)C)C(C)C.[3H]OC. The van der Waals surface area contributed by atoms with Gasteiger partial charge < -0.3 is 24.6 Å². The quantitative estimate of drug-likeness (QED) is 0.0200. The highest BCUT2D eigenvalue weighted by atomic mass is 31.2. The number of unbranched alkanes of at least 4 members (excludes halogenated alkanes) is 5. The van der Waals surface area contributed by atoms with Gasteiger partial charge in [-0.3, -0.25) is 33.7 Å². The summed E-state index contributed by atoms with van der Waals surface area (Å²) < 4.78 is 30.0. The molecule has 2 unspecified atom stereocenters. The number of H-pyrrole nitrogens is 1. The summed E-state index contributed by atoms with van der Waals surface area (Å²) in [6.45, 7) is 12.0. The molecule has 2 aromatic carbocycles. The fourth-order valence-electron chi connectivity index (χ4n) is 8.13. The van der Waals surface area contributed by atoms with Crippen LogP contribution in [-0.2, 0) is 30.2 Å². The second-order valence-electron chi connectivity index (χ2n) is 17.0. The first kappa shape index (κ1) is 50.2. The summed E-state index contributed by atoms with van der Waals surface area (Å²) in [5, 5.41) is 6.35. The van der Waals surface area contributed by atoms with Crippen molar-refractivity contribution in [3.05, 3.63) is 104 Å². The zero-order valence-corrected chi connectivity index (χ0v) is 40.5. The molecule has 1 saturated heterocycles. The van der Waals surface area contributed by atoms with Gasteiger partial charge in [0.25, 0.3) is 5.56 Å². The molecule has 0 aliphatic carbocycles. The molecule has 0 bridgehead atoms. The van der Waals surface area contributed by atoms with Gasteiger partial charge in [0.15, 0.2) is 14.7 Å². The molecule has 15 heteroatoms. The van der Waals surface area contributed by atoms with Crippen LogP contribution in [0.15, 0.2) is 75.4 Å². The van der Waals surface area contributed by atoms with Crippen molar-refractivity contribution in [1.82, 2.24) is 19.5 Å². The van der Waals surface area contributed by atoms with E-state index >= 15 is 0 Å². The molecule has 0 spiro atoms. The highest BCUT2D eigenvalue weighted by molar-refractivity contribution is 7.50. The number of para-hydroxylation sites is 1. The maximum Gasteiger partial charge on any atom is 0.330 e. The van der Waals surface area contributed by atoms with Gasteiger partial charge in [0.05, 0.1) is 23.9 Å². The molecule has 3 heterocycles. The second kappa shape index (κ2) is 28.1. The lowest BCUT2D eigenvalue weighted by atomic mass is 10.0. The van der Waals surface area contributed by atoms with Gasteiger partial charge in [-0.1, -0.05) is 61.4 Å². The molecule has 5 rings (SSSR count). The Balaban J connectivity index is 0.00000327. The molecule has 1 aromatic heterocycles. The van der Waals surface area contributed by atoms with Crippen LogP contribution in [0.3, 0.4) is 0 Å². The van der Waals surface area contributed by atoms with E-state index in [-0.39, 0.29) is 48.1 Å². The molecule has 2 amide bonds. The Kier molecular flexibility index (Phi) is 21.4. The van der Waals surface area contributed by atoms with Crippen molar-refractivity contribution in [3.8, 4) is 11.8 Å². The van der Waals surface area contributed by atoms with Gasteiger partial charge in [0, 0.05) is 82.5 Å². The van der Waals surface area contributed by atoms with Gasteiger partial charge in [-0.2, -0.15) is 0 Å². The second-order valence-corrected chi connectivity index (χ2v) is 18.7. The van der Waals surface area contributed by atoms with Gasteiger partial charge in [-0.25, -0.2) is 9.46 Å². The fraction of sp³-hybridized carbons (Fsp3) is 0.529. The normalized spacial score (nSPS) is 17.5. The number of aliphatic hydroxyl groups is 1. The van der Waals surface area contributed by atoms with Crippen LogP contribution in [0.4, 0.5) is 5.69 Å². The van der Waals surface area contributed by atoms with Crippen LogP contribution < -0.4 is 21.5 Å². The molecule has 14 nitrogen and oxygen atoms in total. The van der Waals surface area contributed by atoms with Gasteiger partial charge in [0.2, 0.25) is 13.2 Å². The molecule has 2 aliphatic rings. The van der Waals surface area contributed by atoms with Gasteiger partial charge in [0.1, 0.15) is 12.0 Å². The molecule has 66 heavy (non-hydrogen) atoms. The number of nitrogens with one attached hydrogen (secondary N) is 2. The van der Waals surface area contributed by atoms with Gasteiger partial charge >= 0.3 is 5.69 Å². The molecule has 4 atom stereocenters. The maximum atomic E-state index is 13.4. The van der Waals surface area contributed by atoms with Crippen molar-refractivity contribution in [1.29, 1.82) is 1.43 Å². The Labute approximate surface area is 395 Å². The predicted octanol–water partition coefficient (Wildman–Crippen LogP) is 8.11. The van der Waals surface area contributed by atoms with E-state index in [1.165, 1.54) is 36.4 Å². The number of carbonyl (C=O) groups is 3. The molecule has 2 aliphatic heterocycles. The Hall–Kier alpha value is -5.19. The van der Waals surface area contributed by atoms with E-state index in [1.807, 2.05) is 60.4 Å². The smallest absolute Gasteiger partial charge is 0.330 e. The van der Waals surface area contributed by atoms with E-state index < -0.39 is 31.9 Å². The van der Waals surface area contributed by atoms with Crippen molar-refractivity contribution in [2.24, 2.45) is 10.9 Å². The molecular weight excluding hydrogens is 856 g/mol. The summed E-state index contributed by atoms with van der Waals surface area (Å²) in [7, 11) is 0.180. The Bertz CT molecular complexity index is 2320. The zero-order chi connectivity index (χ0) is 49.4. The van der Waals surface area contributed by atoms with Gasteiger partial charge in [-0.05, 0) is 109 Å². The van der Waals surface area contributed by atoms with E-state index in [4.69, 9.17) is 12.1 Å². The molecule has 0 saturated carbocycles. The lowest BCUT2D eigenvalue weighted by molar-refractivity contribution is -0.120. The minimum atomic E-state index is -1.11. The number of benzene rings is 2. The number of hydrogen-bond donors (Lipinski definition) is 3. The van der Waals surface area contributed by atoms with E-state index in [0.29, 0.717) is 64.3 Å². The van der Waals surface area contributed by atoms with Crippen molar-refractivity contribution < 1.29 is 30.1 Å². The van der Waals surface area contributed by atoms with Crippen LogP contribution in [0, 0.1) is 17.8 Å². The van der Waals surface area contributed by atoms with Crippen LogP contribution in [-0.4, -0.2) is 89.3 Å². The summed E-state index contributed by atoms with van der Waals surface area (Å²) in [4.78, 5) is 72.9. The van der Waals surface area contributed by atoms with Crippen molar-refractivity contribution in [2.45, 2.75) is 143 Å². The topological polar surface area (TPSA) is 176 Å². The average Bonchev–Trinajstić information content (AvgIpc) is 3.71. The standard InChI is InChI=1S/C50H67N6O7P.CH4O/c1-7-51-35-62-64(56(36(2)3)37(4)5)34-43-31-48(63-38(43)6)55-33-42(49(60)53-50(55)61)28-29-46(58)52-30-18-10-8-9-11-22-44(57)23-15-17-25-47(59)54-32-41-21-13-12-19-39(41)26-27-40-20-14-16-24-45(40)54;1-2/h12-14,16,19-21,24,28-29,33,35-38,43,48H,7-11,15,17-18,22-23,25,30-32,34H2,1-6H3,(H,52,58)(H,53,60,61);2H,1H3/b29-28+,51-35?;/t38-,43?,48-,64?;/m1./s1/i6D;2T. The molecule has 3 N–H and O–H groups in total. The fourth-order valence-corrected chi connectivity index (χ4v) is 10.5. The third-order valence-corrected chi connectivity index (χ3v) is 14.0. The Morgan fingerprint density at radius 1 is 1.02 bits per heavy atom. The number of ether oxygens (including phenoxy) is 1. The van der Waals surface area contributed by atoms with Crippen LogP contribution in [0.25, 0.3) is 6.08 Å². The number of fused-ring (bicyclic) bond motifs is 2. The molecule has 358 valence electrons. The number of nitrogens with zero attached hydrogens (tertiary/aromatic N) is 4. The Morgan fingerprint density at radius 2 is 1.67 bits per heavy atom. The summed E-state index contributed by atoms with van der Waals surface area (Å²) in [6.07, 6.45) is 12.6. The minimum Gasteiger partial charge on any atom is -0.447 e. The first-order valence-electron chi connectivity index (χ1n) is 24.4. The van der Waals surface area contributed by atoms with Crippen LogP contribution >= 0.6 is 8.30 Å². The Morgan fingerprint density at radius 3 is 2.39 bits per heavy atom. The van der Waals surface area contributed by atoms with Crippen molar-refractivity contribution in [3.63, 3.8) is 0 Å². The van der Waals surface area contributed by atoms with E-state index in [2.05, 4.69) is 64.6 Å². The van der Waals surface area contributed by atoms with Crippen LogP contribution in [0.2, 0.25) is 0 Å². The third-order valence-electron chi connectivity index (χ3n) is 11.4. The van der Waals surface area contributed by atoms with E-state index in [9.17, 15) is 24.0 Å². The number of ketones is 1. The highest BCUT2D eigenvalue weighted by Crippen LogP contribution is 2.49. The predicted molar refractivity (Wildman–Crippen MR) is 264 cm³/mol. The molecule has 1 fully saturated rings. The zero-order valence-electron chi connectivity index (χ0n) is 41.6. The number of rotatable bonds is 24.